The van der Waals surface area contributed by atoms with Crippen LogP contribution in [0.4, 0.5) is 0 Å². The van der Waals surface area contributed by atoms with Crippen LogP contribution in [0.2, 0.25) is 0 Å². The van der Waals surface area contributed by atoms with Crippen molar-refractivity contribution >= 4 is 15.8 Å². The van der Waals surface area contributed by atoms with Crippen molar-refractivity contribution in [2.24, 2.45) is 11.1 Å². The van der Waals surface area contributed by atoms with Gasteiger partial charge in [-0.3, -0.25) is 4.28 Å². The first-order valence-electron chi connectivity index (χ1n) is 5.46. The highest BCUT2D eigenvalue weighted by Crippen LogP contribution is 2.18. The second kappa shape index (κ2) is 8.73. The molecule has 1 unspecified atom stereocenters. The fourth-order valence-electron chi connectivity index (χ4n) is 1.21. The highest BCUT2D eigenvalue weighted by molar-refractivity contribution is 7.85. The first kappa shape index (κ1) is 17.7. The Labute approximate surface area is 118 Å². The normalized spacial score (nSPS) is 18.9. The average Bonchev–Trinajstić information content (AvgIpc) is 2.38. The van der Waals surface area contributed by atoms with Gasteiger partial charge in [0.2, 0.25) is 0 Å². The number of methoxy groups -OCH3 is 1. The van der Waals surface area contributed by atoms with Crippen LogP contribution in [0, 0.1) is 28.6 Å². The molecular formula is C12H15N3O4S. The molecule has 0 heterocycles. The third-order valence-corrected chi connectivity index (χ3v) is 2.33. The second-order valence-corrected chi connectivity index (χ2v) is 5.15. The molecule has 0 spiro atoms. The maximum Gasteiger partial charge on any atom is 0.325 e. The molecule has 1 rings (SSSR count). The Hall–Kier alpha value is -2.32. The first-order chi connectivity index (χ1) is 9.37. The van der Waals surface area contributed by atoms with Gasteiger partial charge in [0.15, 0.2) is 0 Å². The van der Waals surface area contributed by atoms with E-state index >= 15 is 0 Å². The van der Waals surface area contributed by atoms with Crippen molar-refractivity contribution in [3.05, 3.63) is 24.0 Å². The molecule has 7 nitrogen and oxygen atoms in total. The van der Waals surface area contributed by atoms with Gasteiger partial charge in [0, 0.05) is 25.3 Å². The van der Waals surface area contributed by atoms with Crippen LogP contribution in [0.3, 0.4) is 0 Å². The van der Waals surface area contributed by atoms with Crippen LogP contribution in [-0.4, -0.2) is 27.5 Å². The van der Waals surface area contributed by atoms with Crippen molar-refractivity contribution in [3.63, 3.8) is 0 Å². The van der Waals surface area contributed by atoms with Crippen LogP contribution in [0.15, 0.2) is 29.1 Å². The topological polar surface area (TPSA) is 113 Å². The van der Waals surface area contributed by atoms with Gasteiger partial charge in [-0.05, 0) is 6.08 Å². The van der Waals surface area contributed by atoms with Crippen LogP contribution in [0.1, 0.15) is 13.3 Å². The molecule has 0 aromatic rings. The number of rotatable bonds is 4. The zero-order valence-corrected chi connectivity index (χ0v) is 12.2. The molecule has 0 aliphatic heterocycles. The Balaban J connectivity index is 0.00000110. The van der Waals surface area contributed by atoms with Gasteiger partial charge in [-0.1, -0.05) is 11.2 Å². The lowest BCUT2D eigenvalue weighted by molar-refractivity contribution is 0.305. The molecule has 0 saturated heterocycles. The van der Waals surface area contributed by atoms with E-state index in [0.717, 1.165) is 6.26 Å². The molecule has 1 atom stereocenters. The Kier molecular flexibility index (Phi) is 7.71. The van der Waals surface area contributed by atoms with Gasteiger partial charge in [0.05, 0.1) is 31.2 Å². The number of ether oxygens (including phenoxy) is 1. The largest absolute Gasteiger partial charge is 0.497 e. The maximum atomic E-state index is 10.8. The van der Waals surface area contributed by atoms with E-state index in [2.05, 4.69) is 9.44 Å². The smallest absolute Gasteiger partial charge is 0.325 e. The Bertz CT molecular complexity index is 591. The summed E-state index contributed by atoms with van der Waals surface area (Å²) in [7, 11) is -2.17. The van der Waals surface area contributed by atoms with Crippen molar-refractivity contribution in [2.75, 3.05) is 13.4 Å². The summed E-state index contributed by atoms with van der Waals surface area (Å²) in [6, 6.07) is 3.74. The lowest BCUT2D eigenvalue weighted by atomic mass is 9.95. The Morgan fingerprint density at radius 1 is 1.45 bits per heavy atom. The summed E-state index contributed by atoms with van der Waals surface area (Å²) in [5, 5.41) is 19.5. The van der Waals surface area contributed by atoms with Gasteiger partial charge in [0.25, 0.3) is 0 Å². The van der Waals surface area contributed by atoms with Crippen molar-refractivity contribution in [1.82, 2.24) is 0 Å². The van der Waals surface area contributed by atoms with Crippen LogP contribution in [0.25, 0.3) is 0 Å². The van der Waals surface area contributed by atoms with Crippen LogP contribution < -0.4 is 0 Å². The van der Waals surface area contributed by atoms with Crippen LogP contribution in [-0.2, 0) is 19.1 Å². The van der Waals surface area contributed by atoms with Crippen LogP contribution in [0.5, 0.6) is 0 Å². The van der Waals surface area contributed by atoms with Gasteiger partial charge < -0.3 is 4.74 Å². The Morgan fingerprint density at radius 2 is 2.05 bits per heavy atom. The maximum absolute atomic E-state index is 10.8. The minimum absolute atomic E-state index is 0.190. The number of hydrogen-bond acceptors (Lipinski definition) is 7. The summed E-state index contributed by atoms with van der Waals surface area (Å²) >= 11 is 0. The van der Waals surface area contributed by atoms with Gasteiger partial charge >= 0.3 is 10.1 Å². The lowest BCUT2D eigenvalue weighted by Gasteiger charge is -2.14. The predicted molar refractivity (Wildman–Crippen MR) is 72.6 cm³/mol. The highest BCUT2D eigenvalue weighted by atomic mass is 32.2. The van der Waals surface area contributed by atoms with E-state index in [-0.39, 0.29) is 12.3 Å². The molecule has 108 valence electrons. The van der Waals surface area contributed by atoms with Gasteiger partial charge in [-0.2, -0.15) is 18.9 Å². The quantitative estimate of drug-likeness (QED) is 0.726. The highest BCUT2D eigenvalue weighted by Gasteiger charge is 2.17. The fourth-order valence-corrected chi connectivity index (χ4v) is 1.43. The van der Waals surface area contributed by atoms with E-state index in [1.807, 2.05) is 6.07 Å². The summed E-state index contributed by atoms with van der Waals surface area (Å²) in [6.45, 7) is 1.43. The number of allylic oxidation sites excluding steroid dienone is 3. The molecule has 0 aromatic heterocycles. The molecule has 0 amide bonds. The Morgan fingerprint density at radius 3 is 2.50 bits per heavy atom. The number of nitriles is 2. The SMILES string of the molecule is CC#N.COC1=CC(=NOS(C)(=O)=O)C(CC#N)C=C1. The molecular weight excluding hydrogens is 282 g/mol. The number of oxime groups is 1. The standard InChI is InChI=1S/C10H12N2O4S.C2H3N/c1-15-9-4-3-8(5-6-11)10(7-9)12-16-17(2,13)14;1-2-3/h3-4,7-8H,5H2,1-2H3;1H3. The minimum Gasteiger partial charge on any atom is -0.497 e. The van der Waals surface area contributed by atoms with Gasteiger partial charge in [-0.15, -0.1) is 0 Å². The van der Waals surface area contributed by atoms with Crippen LogP contribution >= 0.6 is 0 Å². The minimum atomic E-state index is -3.65. The second-order valence-electron chi connectivity index (χ2n) is 3.60. The summed E-state index contributed by atoms with van der Waals surface area (Å²) < 4.78 is 31.0. The molecule has 0 fully saturated rings. The average molecular weight is 297 g/mol. The molecule has 0 saturated carbocycles. The summed E-state index contributed by atoms with van der Waals surface area (Å²) in [5.41, 5.74) is 0.344. The van der Waals surface area contributed by atoms with Gasteiger partial charge in [-0.25, -0.2) is 0 Å². The van der Waals surface area contributed by atoms with E-state index in [4.69, 9.17) is 15.3 Å². The third kappa shape index (κ3) is 7.19. The van der Waals surface area contributed by atoms with Crippen molar-refractivity contribution in [1.29, 1.82) is 10.5 Å². The number of hydrogen-bond donors (Lipinski definition) is 0. The van der Waals surface area contributed by atoms with E-state index < -0.39 is 10.1 Å². The van der Waals surface area contributed by atoms with Crippen molar-refractivity contribution in [2.45, 2.75) is 13.3 Å². The molecule has 1 aliphatic carbocycles. The zero-order valence-electron chi connectivity index (χ0n) is 11.4. The molecule has 0 aromatic carbocycles. The van der Waals surface area contributed by atoms with E-state index in [1.54, 1.807) is 18.2 Å². The molecule has 0 radical (unpaired) electrons. The van der Waals surface area contributed by atoms with Crippen molar-refractivity contribution < 1.29 is 17.4 Å². The van der Waals surface area contributed by atoms with E-state index in [9.17, 15) is 8.42 Å². The predicted octanol–water partition coefficient (Wildman–Crippen LogP) is 1.48. The third-order valence-electron chi connectivity index (χ3n) is 1.99. The molecule has 8 heteroatoms. The van der Waals surface area contributed by atoms with E-state index in [1.165, 1.54) is 20.1 Å². The lowest BCUT2D eigenvalue weighted by Crippen LogP contribution is -2.15. The van der Waals surface area contributed by atoms with E-state index in [0.29, 0.717) is 11.5 Å². The zero-order chi connectivity index (χ0) is 15.6. The molecule has 20 heavy (non-hydrogen) atoms. The summed E-state index contributed by atoms with van der Waals surface area (Å²) in [4.78, 5) is 0. The summed E-state index contributed by atoms with van der Waals surface area (Å²) in [5.74, 6) is 0.232. The van der Waals surface area contributed by atoms with Crippen molar-refractivity contribution in [3.8, 4) is 12.1 Å². The first-order valence-corrected chi connectivity index (χ1v) is 7.27. The molecule has 0 bridgehead atoms. The number of nitrogens with zero attached hydrogens (tertiary/aromatic N) is 3. The molecule has 1 aliphatic rings. The monoisotopic (exact) mass is 297 g/mol. The molecule has 0 N–H and O–H groups in total. The van der Waals surface area contributed by atoms with Gasteiger partial charge in [0.1, 0.15) is 5.76 Å². The summed E-state index contributed by atoms with van der Waals surface area (Å²) in [6.07, 6.45) is 6.03. The fraction of sp³-hybridized carbons (Fsp3) is 0.417.